The molecular formula is C28H27ClFN7O3. The summed E-state index contributed by atoms with van der Waals surface area (Å²) in [5, 5.41) is 10.0. The van der Waals surface area contributed by atoms with Gasteiger partial charge in [0.2, 0.25) is 11.8 Å². The molecule has 2 aliphatic heterocycles. The number of ether oxygens (including phenoxy) is 1. The summed E-state index contributed by atoms with van der Waals surface area (Å²) in [7, 11) is 1.86. The largest absolute Gasteiger partial charge is 0.471 e. The Morgan fingerprint density at radius 1 is 1.15 bits per heavy atom. The van der Waals surface area contributed by atoms with E-state index in [1.807, 2.05) is 24.6 Å². The molecular weight excluding hydrogens is 537 g/mol. The molecule has 4 heterocycles. The summed E-state index contributed by atoms with van der Waals surface area (Å²) in [4.78, 5) is 32.2. The van der Waals surface area contributed by atoms with Crippen molar-refractivity contribution in [1.29, 1.82) is 0 Å². The zero-order valence-electron chi connectivity index (χ0n) is 22.0. The second kappa shape index (κ2) is 10.4. The number of H-pyrrole nitrogens is 1. The summed E-state index contributed by atoms with van der Waals surface area (Å²) >= 11 is 6.12. The molecule has 0 spiro atoms. The van der Waals surface area contributed by atoms with Gasteiger partial charge in [-0.15, -0.1) is 5.10 Å². The minimum Gasteiger partial charge on any atom is -0.471 e. The van der Waals surface area contributed by atoms with Crippen LogP contribution in [-0.4, -0.2) is 43.1 Å². The quantitative estimate of drug-likeness (QED) is 0.344. The Balaban J connectivity index is 1.13. The molecule has 2 aliphatic rings. The van der Waals surface area contributed by atoms with Crippen molar-refractivity contribution in [2.75, 3.05) is 11.4 Å². The Labute approximate surface area is 234 Å². The zero-order valence-corrected chi connectivity index (χ0v) is 22.8. The van der Waals surface area contributed by atoms with Crippen molar-refractivity contribution in [2.45, 2.75) is 39.6 Å². The molecule has 0 bridgehead atoms. The first-order chi connectivity index (χ1) is 19.3. The number of imidazole rings is 1. The Hall–Kier alpha value is -4.22. The average Bonchev–Trinajstić information content (AvgIpc) is 3.60. The number of aromatic amines is 1. The number of nitrogens with one attached hydrogen (secondary N) is 2. The van der Waals surface area contributed by atoms with E-state index in [2.05, 4.69) is 37.5 Å². The predicted molar refractivity (Wildman–Crippen MR) is 146 cm³/mol. The van der Waals surface area contributed by atoms with E-state index >= 15 is 0 Å². The van der Waals surface area contributed by atoms with Crippen LogP contribution in [0.5, 0.6) is 5.88 Å². The molecule has 2 aromatic carbocycles. The number of halogens is 2. The number of aromatic nitrogens is 4. The van der Waals surface area contributed by atoms with Gasteiger partial charge in [0.25, 0.3) is 0 Å². The lowest BCUT2D eigenvalue weighted by Crippen LogP contribution is -2.50. The summed E-state index contributed by atoms with van der Waals surface area (Å²) in [5.41, 5.74) is 5.47. The smallest absolute Gasteiger partial charge is 0.329 e. The van der Waals surface area contributed by atoms with E-state index in [9.17, 15) is 14.0 Å². The molecule has 1 saturated heterocycles. The number of fused-ring (bicyclic) bond motifs is 1. The topological polar surface area (TPSA) is 108 Å². The molecule has 4 aromatic rings. The van der Waals surface area contributed by atoms with E-state index in [1.165, 1.54) is 22.1 Å². The van der Waals surface area contributed by atoms with Crippen molar-refractivity contribution in [3.05, 3.63) is 81.4 Å². The molecule has 6 rings (SSSR count). The SMILES string of the molecule is Cc1c(OCc2c(F)cccc2Cl)n[nH]c1CN1Cc2ccc(-c3ncc(N4CCC(=O)NC4=O)n3C)cc2C1. The number of hydrogen-bond donors (Lipinski definition) is 2. The van der Waals surface area contributed by atoms with Crippen LogP contribution in [0.2, 0.25) is 5.02 Å². The van der Waals surface area contributed by atoms with Crippen LogP contribution < -0.4 is 15.0 Å². The number of urea groups is 1. The van der Waals surface area contributed by atoms with Gasteiger partial charge in [-0.2, -0.15) is 0 Å². The molecule has 0 atom stereocenters. The normalized spacial score (nSPS) is 15.4. The third kappa shape index (κ3) is 4.82. The maximum absolute atomic E-state index is 14.1. The van der Waals surface area contributed by atoms with Gasteiger partial charge in [0.1, 0.15) is 24.1 Å². The van der Waals surface area contributed by atoms with Gasteiger partial charge in [0.15, 0.2) is 0 Å². The van der Waals surface area contributed by atoms with Crippen LogP contribution >= 0.6 is 11.6 Å². The lowest BCUT2D eigenvalue weighted by Gasteiger charge is -2.26. The highest BCUT2D eigenvalue weighted by Gasteiger charge is 2.28. The number of imide groups is 1. The molecule has 1 fully saturated rings. The molecule has 0 saturated carbocycles. The molecule has 40 heavy (non-hydrogen) atoms. The second-order valence-corrected chi connectivity index (χ2v) is 10.4. The highest BCUT2D eigenvalue weighted by molar-refractivity contribution is 6.31. The number of nitrogens with zero attached hydrogens (tertiary/aromatic N) is 5. The maximum Gasteiger partial charge on any atom is 0.329 e. The van der Waals surface area contributed by atoms with Crippen molar-refractivity contribution in [3.63, 3.8) is 0 Å². The second-order valence-electron chi connectivity index (χ2n) is 10.0. The number of hydrogen-bond acceptors (Lipinski definition) is 6. The van der Waals surface area contributed by atoms with Crippen molar-refractivity contribution in [1.82, 2.24) is 30.0 Å². The van der Waals surface area contributed by atoms with E-state index in [1.54, 1.807) is 18.3 Å². The van der Waals surface area contributed by atoms with E-state index in [-0.39, 0.29) is 18.9 Å². The van der Waals surface area contributed by atoms with Gasteiger partial charge < -0.3 is 9.30 Å². The van der Waals surface area contributed by atoms with Crippen molar-refractivity contribution in [2.24, 2.45) is 7.05 Å². The van der Waals surface area contributed by atoms with Gasteiger partial charge in [0, 0.05) is 56.3 Å². The maximum atomic E-state index is 14.1. The van der Waals surface area contributed by atoms with E-state index in [4.69, 9.17) is 16.3 Å². The first kappa shape index (κ1) is 26.0. The average molecular weight is 564 g/mol. The van der Waals surface area contributed by atoms with Gasteiger partial charge in [-0.05, 0) is 36.2 Å². The van der Waals surface area contributed by atoms with Gasteiger partial charge in [-0.25, -0.2) is 14.2 Å². The van der Waals surface area contributed by atoms with Gasteiger partial charge in [-0.1, -0.05) is 29.8 Å². The Morgan fingerprint density at radius 2 is 1.98 bits per heavy atom. The van der Waals surface area contributed by atoms with Crippen molar-refractivity contribution < 1.29 is 18.7 Å². The van der Waals surface area contributed by atoms with Crippen LogP contribution in [0.4, 0.5) is 15.0 Å². The molecule has 0 radical (unpaired) electrons. The number of amides is 3. The van der Waals surface area contributed by atoms with Crippen LogP contribution in [0.1, 0.15) is 34.4 Å². The molecule has 10 nitrogen and oxygen atoms in total. The lowest BCUT2D eigenvalue weighted by atomic mass is 10.1. The monoisotopic (exact) mass is 563 g/mol. The number of anilines is 1. The highest BCUT2D eigenvalue weighted by Crippen LogP contribution is 2.32. The fraction of sp³-hybridized carbons (Fsp3) is 0.286. The first-order valence-corrected chi connectivity index (χ1v) is 13.2. The van der Waals surface area contributed by atoms with Crippen LogP contribution in [0, 0.1) is 12.7 Å². The molecule has 2 N–H and O–H groups in total. The van der Waals surface area contributed by atoms with E-state index in [0.717, 1.165) is 35.7 Å². The van der Waals surface area contributed by atoms with Gasteiger partial charge in [-0.3, -0.25) is 25.0 Å². The lowest BCUT2D eigenvalue weighted by molar-refractivity contribution is -0.120. The first-order valence-electron chi connectivity index (χ1n) is 12.9. The molecule has 12 heteroatoms. The Kier molecular flexibility index (Phi) is 6.77. The molecule has 3 amide bonds. The van der Waals surface area contributed by atoms with E-state index in [0.29, 0.717) is 35.4 Å². The van der Waals surface area contributed by atoms with Crippen molar-refractivity contribution >= 4 is 29.4 Å². The molecule has 0 aliphatic carbocycles. The van der Waals surface area contributed by atoms with Crippen LogP contribution in [-0.2, 0) is 38.1 Å². The highest BCUT2D eigenvalue weighted by atomic mass is 35.5. The minimum atomic E-state index is -0.436. The summed E-state index contributed by atoms with van der Waals surface area (Å²) in [6.07, 6.45) is 1.91. The van der Waals surface area contributed by atoms with Crippen LogP contribution in [0.25, 0.3) is 11.4 Å². The summed E-state index contributed by atoms with van der Waals surface area (Å²) in [5.74, 6) is 1.11. The summed E-state index contributed by atoms with van der Waals surface area (Å²) in [6, 6.07) is 10.4. The third-order valence-corrected chi connectivity index (χ3v) is 7.76. The number of carbonyl (C=O) groups excluding carboxylic acids is 2. The molecule has 0 unspecified atom stereocenters. The third-order valence-electron chi connectivity index (χ3n) is 7.41. The van der Waals surface area contributed by atoms with E-state index < -0.39 is 11.8 Å². The number of rotatable bonds is 7. The van der Waals surface area contributed by atoms with Crippen LogP contribution in [0.3, 0.4) is 0 Å². The predicted octanol–water partition coefficient (Wildman–Crippen LogP) is 4.45. The zero-order chi connectivity index (χ0) is 28.0. The fourth-order valence-electron chi connectivity index (χ4n) is 5.16. The molecule has 206 valence electrons. The summed E-state index contributed by atoms with van der Waals surface area (Å²) < 4.78 is 21.8. The Morgan fingerprint density at radius 3 is 2.77 bits per heavy atom. The minimum absolute atomic E-state index is 0.00989. The number of benzene rings is 2. The van der Waals surface area contributed by atoms with Crippen LogP contribution in [0.15, 0.2) is 42.6 Å². The standard InChI is InChI=1S/C28H27ClFN7O3/c1-16-23(33-34-27(16)40-15-20-21(29)4-3-5-22(20)30)14-36-12-18-7-6-17(10-19(18)13-36)26-31-11-25(35(26)2)37-9-8-24(38)32-28(37)39/h3-7,10-11H,8-9,12-15H2,1-2H3,(H,33,34)(H,32,38,39). The van der Waals surface area contributed by atoms with Crippen molar-refractivity contribution in [3.8, 4) is 17.3 Å². The van der Waals surface area contributed by atoms with Gasteiger partial charge in [0.05, 0.1) is 16.9 Å². The Bertz CT molecular complexity index is 1610. The fourth-order valence-corrected chi connectivity index (χ4v) is 5.38. The summed E-state index contributed by atoms with van der Waals surface area (Å²) in [6.45, 7) is 4.40. The molecule has 2 aromatic heterocycles. The van der Waals surface area contributed by atoms with Gasteiger partial charge >= 0.3 is 6.03 Å². The number of carbonyl (C=O) groups is 2.